The van der Waals surface area contributed by atoms with E-state index in [4.69, 9.17) is 10.7 Å². The summed E-state index contributed by atoms with van der Waals surface area (Å²) in [5.74, 6) is 0.410. The minimum atomic E-state index is -1.15. The second kappa shape index (κ2) is 10.9. The average Bonchev–Trinajstić information content (AvgIpc) is 3.14. The number of ketones is 1. The highest BCUT2D eigenvalue weighted by Crippen LogP contribution is 2.39. The Hall–Kier alpha value is -3.73. The van der Waals surface area contributed by atoms with Crippen molar-refractivity contribution in [3.63, 3.8) is 0 Å². The molecule has 0 unspecified atom stereocenters. The molecule has 0 radical (unpaired) electrons. The van der Waals surface area contributed by atoms with Crippen LogP contribution < -0.4 is 5.73 Å². The third-order valence-corrected chi connectivity index (χ3v) is 6.37. The second-order valence-corrected chi connectivity index (χ2v) is 8.70. The highest BCUT2D eigenvalue weighted by molar-refractivity contribution is 6.09. The molecule has 0 aromatic heterocycles. The highest BCUT2D eigenvalue weighted by atomic mass is 16.2. The maximum atomic E-state index is 13.7. The van der Waals surface area contributed by atoms with Crippen molar-refractivity contribution in [1.82, 2.24) is 4.90 Å². The predicted molar refractivity (Wildman–Crippen MR) is 135 cm³/mol. The molecule has 3 aromatic carbocycles. The lowest BCUT2D eigenvalue weighted by Crippen LogP contribution is -2.44. The number of rotatable bonds is 11. The number of benzene rings is 3. The molecule has 2 N–H and O–H groups in total. The molecule has 4 rings (SSSR count). The molecule has 5 nitrogen and oxygen atoms in total. The maximum Gasteiger partial charge on any atom is 0.266 e. The summed E-state index contributed by atoms with van der Waals surface area (Å²) >= 11 is 0. The van der Waals surface area contributed by atoms with Gasteiger partial charge in [0.25, 0.3) is 5.91 Å². The highest BCUT2D eigenvalue weighted by Gasteiger charge is 2.50. The van der Waals surface area contributed by atoms with Crippen LogP contribution in [0.4, 0.5) is 0 Å². The summed E-state index contributed by atoms with van der Waals surface area (Å²) in [6.07, 6.45) is 4.38. The van der Waals surface area contributed by atoms with Crippen molar-refractivity contribution in [3.05, 3.63) is 108 Å². The van der Waals surface area contributed by atoms with Crippen LogP contribution in [0.5, 0.6) is 0 Å². The van der Waals surface area contributed by atoms with E-state index in [1.807, 2.05) is 78.9 Å². The lowest BCUT2D eigenvalue weighted by molar-refractivity contribution is -0.130. The Bertz CT molecular complexity index is 1090. The van der Waals surface area contributed by atoms with Crippen molar-refractivity contribution >= 4 is 17.6 Å². The van der Waals surface area contributed by atoms with E-state index in [2.05, 4.69) is 12.1 Å². The number of guanidine groups is 1. The minimum Gasteiger partial charge on any atom is -0.369 e. The van der Waals surface area contributed by atoms with Crippen molar-refractivity contribution < 1.29 is 9.59 Å². The van der Waals surface area contributed by atoms with Gasteiger partial charge in [0, 0.05) is 19.4 Å². The zero-order valence-corrected chi connectivity index (χ0v) is 19.4. The first-order chi connectivity index (χ1) is 16.6. The summed E-state index contributed by atoms with van der Waals surface area (Å²) in [6, 6.07) is 29.3. The maximum absolute atomic E-state index is 13.7. The van der Waals surface area contributed by atoms with E-state index in [9.17, 15) is 9.59 Å². The van der Waals surface area contributed by atoms with Crippen molar-refractivity contribution in [2.75, 3.05) is 6.54 Å². The van der Waals surface area contributed by atoms with Gasteiger partial charge in [-0.05, 0) is 36.0 Å². The average molecular weight is 454 g/mol. The van der Waals surface area contributed by atoms with Crippen LogP contribution in [0.15, 0.2) is 96.0 Å². The van der Waals surface area contributed by atoms with Crippen molar-refractivity contribution in [2.45, 2.75) is 44.1 Å². The molecule has 3 aromatic rings. The summed E-state index contributed by atoms with van der Waals surface area (Å²) in [5.41, 5.74) is 7.93. The van der Waals surface area contributed by atoms with E-state index in [0.29, 0.717) is 19.4 Å². The van der Waals surface area contributed by atoms with Crippen LogP contribution in [0.25, 0.3) is 0 Å². The van der Waals surface area contributed by atoms with Crippen LogP contribution in [0.3, 0.4) is 0 Å². The molecule has 34 heavy (non-hydrogen) atoms. The van der Waals surface area contributed by atoms with E-state index >= 15 is 0 Å². The standard InChI is InChI=1S/C29H31N3O2/c30-28-31-29(24-15-7-2-8-16-24,25-17-9-3-10-18-25)27(34)32(28)22-12-4-11-19-26(33)21-20-23-13-5-1-6-14-23/h1-3,5-10,13-18H,4,11-12,19-22H2,(H2,30,31). The summed E-state index contributed by atoms with van der Waals surface area (Å²) < 4.78 is 0. The number of aliphatic imine (C=N–C) groups is 1. The number of nitrogens with zero attached hydrogens (tertiary/aromatic N) is 2. The van der Waals surface area contributed by atoms with Crippen LogP contribution in [0.1, 0.15) is 48.8 Å². The molecule has 0 bridgehead atoms. The van der Waals surface area contributed by atoms with Crippen molar-refractivity contribution in [3.8, 4) is 0 Å². The number of Topliss-reactive ketones (excluding diaryl/α,β-unsaturated/α-hetero) is 1. The minimum absolute atomic E-state index is 0.124. The number of unbranched alkanes of at least 4 members (excludes halogenated alkanes) is 2. The molecule has 0 aliphatic carbocycles. The van der Waals surface area contributed by atoms with E-state index < -0.39 is 5.54 Å². The van der Waals surface area contributed by atoms with Gasteiger partial charge in [-0.15, -0.1) is 0 Å². The lowest BCUT2D eigenvalue weighted by Gasteiger charge is -2.27. The quantitative estimate of drug-likeness (QED) is 0.422. The Morgan fingerprint density at radius 2 is 1.32 bits per heavy atom. The van der Waals surface area contributed by atoms with E-state index in [1.165, 1.54) is 5.56 Å². The van der Waals surface area contributed by atoms with Crippen molar-refractivity contribution in [1.29, 1.82) is 0 Å². The molecule has 0 fully saturated rings. The Morgan fingerprint density at radius 3 is 1.91 bits per heavy atom. The molecular weight excluding hydrogens is 422 g/mol. The number of carbonyl (C=O) groups excluding carboxylic acids is 2. The van der Waals surface area contributed by atoms with Gasteiger partial charge in [-0.2, -0.15) is 0 Å². The lowest BCUT2D eigenvalue weighted by atomic mass is 9.83. The van der Waals surface area contributed by atoms with E-state index in [1.54, 1.807) is 4.90 Å². The first kappa shape index (κ1) is 23.4. The van der Waals surface area contributed by atoms with Gasteiger partial charge in [0.2, 0.25) is 0 Å². The van der Waals surface area contributed by atoms with Gasteiger partial charge in [-0.3, -0.25) is 14.5 Å². The molecule has 0 saturated carbocycles. The van der Waals surface area contributed by atoms with E-state index in [-0.39, 0.29) is 17.6 Å². The Morgan fingerprint density at radius 1 is 0.765 bits per heavy atom. The van der Waals surface area contributed by atoms with Crippen LogP contribution >= 0.6 is 0 Å². The number of hydrogen-bond acceptors (Lipinski definition) is 4. The summed E-state index contributed by atoms with van der Waals surface area (Å²) in [4.78, 5) is 32.3. The van der Waals surface area contributed by atoms with Crippen LogP contribution in [0, 0.1) is 0 Å². The Balaban J connectivity index is 1.33. The largest absolute Gasteiger partial charge is 0.369 e. The molecule has 5 heteroatoms. The number of carbonyl (C=O) groups is 2. The van der Waals surface area contributed by atoms with Crippen LogP contribution in [-0.2, 0) is 21.5 Å². The smallest absolute Gasteiger partial charge is 0.266 e. The summed E-state index contributed by atoms with van der Waals surface area (Å²) in [6.45, 7) is 0.494. The number of nitrogens with two attached hydrogens (primary N) is 1. The van der Waals surface area contributed by atoms with Crippen LogP contribution in [0.2, 0.25) is 0 Å². The first-order valence-electron chi connectivity index (χ1n) is 12.0. The van der Waals surface area contributed by atoms with Gasteiger partial charge in [-0.25, -0.2) is 4.99 Å². The SMILES string of the molecule is NC1=NC(c2ccccc2)(c2ccccc2)C(=O)N1CCCCCC(=O)CCc1ccccc1. The second-order valence-electron chi connectivity index (χ2n) is 8.70. The molecular formula is C29H31N3O2. The molecule has 174 valence electrons. The molecule has 0 atom stereocenters. The fourth-order valence-corrected chi connectivity index (χ4v) is 4.52. The molecule has 1 aliphatic rings. The molecule has 1 heterocycles. The number of amides is 1. The predicted octanol–water partition coefficient (Wildman–Crippen LogP) is 4.85. The summed E-state index contributed by atoms with van der Waals surface area (Å²) in [5, 5.41) is 0. The van der Waals surface area contributed by atoms with Gasteiger partial charge in [0.05, 0.1) is 0 Å². The first-order valence-corrected chi connectivity index (χ1v) is 12.0. The zero-order valence-electron chi connectivity index (χ0n) is 19.4. The van der Waals surface area contributed by atoms with Gasteiger partial charge in [0.1, 0.15) is 5.78 Å². The van der Waals surface area contributed by atoms with E-state index in [0.717, 1.165) is 36.8 Å². The molecule has 0 saturated heterocycles. The molecule has 1 amide bonds. The third kappa shape index (κ3) is 5.09. The third-order valence-electron chi connectivity index (χ3n) is 6.37. The number of hydrogen-bond donors (Lipinski definition) is 1. The fourth-order valence-electron chi connectivity index (χ4n) is 4.52. The normalized spacial score (nSPS) is 14.8. The van der Waals surface area contributed by atoms with Crippen molar-refractivity contribution in [2.24, 2.45) is 10.7 Å². The zero-order chi connectivity index (χ0) is 23.8. The Labute approximate surface area is 201 Å². The summed E-state index contributed by atoms with van der Waals surface area (Å²) in [7, 11) is 0. The molecule has 1 aliphatic heterocycles. The number of aryl methyl sites for hydroxylation is 1. The van der Waals surface area contributed by atoms with Gasteiger partial charge in [0.15, 0.2) is 11.5 Å². The topological polar surface area (TPSA) is 75.8 Å². The van der Waals surface area contributed by atoms with Gasteiger partial charge < -0.3 is 5.73 Å². The van der Waals surface area contributed by atoms with Gasteiger partial charge >= 0.3 is 0 Å². The fraction of sp³-hybridized carbons (Fsp3) is 0.276. The Kier molecular flexibility index (Phi) is 7.53. The molecule has 0 spiro atoms. The van der Waals surface area contributed by atoms with Crippen LogP contribution in [-0.4, -0.2) is 29.1 Å². The monoisotopic (exact) mass is 453 g/mol. The van der Waals surface area contributed by atoms with Gasteiger partial charge in [-0.1, -0.05) is 97.4 Å².